The number of aromatic nitrogens is 2. The molecule has 0 unspecified atom stereocenters. The summed E-state index contributed by atoms with van der Waals surface area (Å²) >= 11 is 0. The first-order valence-electron chi connectivity index (χ1n) is 4.50. The SMILES string of the molecule is Cn1cc2c(/C=C/C(=O)O)cccc2n1. The molecule has 1 heterocycles. The van der Waals surface area contributed by atoms with Gasteiger partial charge in [0.1, 0.15) is 0 Å². The van der Waals surface area contributed by atoms with Gasteiger partial charge in [-0.05, 0) is 17.7 Å². The molecule has 1 aromatic heterocycles. The third-order valence-electron chi connectivity index (χ3n) is 2.10. The number of carbonyl (C=O) groups is 1. The normalized spacial score (nSPS) is 11.3. The third-order valence-corrected chi connectivity index (χ3v) is 2.10. The van der Waals surface area contributed by atoms with Gasteiger partial charge in [-0.1, -0.05) is 12.1 Å². The molecule has 0 saturated heterocycles. The van der Waals surface area contributed by atoms with Gasteiger partial charge in [-0.3, -0.25) is 4.68 Å². The lowest BCUT2D eigenvalue weighted by Gasteiger charge is -1.93. The molecule has 4 heteroatoms. The highest BCUT2D eigenvalue weighted by Gasteiger charge is 2.01. The van der Waals surface area contributed by atoms with Gasteiger partial charge in [0.05, 0.1) is 5.52 Å². The largest absolute Gasteiger partial charge is 0.478 e. The molecule has 0 spiro atoms. The summed E-state index contributed by atoms with van der Waals surface area (Å²) in [5, 5.41) is 13.7. The van der Waals surface area contributed by atoms with Crippen LogP contribution >= 0.6 is 0 Å². The molecule has 0 aliphatic carbocycles. The van der Waals surface area contributed by atoms with Crippen LogP contribution in [0.4, 0.5) is 0 Å². The Morgan fingerprint density at radius 1 is 1.53 bits per heavy atom. The van der Waals surface area contributed by atoms with Crippen molar-refractivity contribution in [1.29, 1.82) is 0 Å². The highest BCUT2D eigenvalue weighted by Crippen LogP contribution is 2.18. The number of nitrogens with zero attached hydrogens (tertiary/aromatic N) is 2. The molecule has 0 aliphatic heterocycles. The topological polar surface area (TPSA) is 55.1 Å². The summed E-state index contributed by atoms with van der Waals surface area (Å²) in [6.07, 6.45) is 4.57. The van der Waals surface area contributed by atoms with Gasteiger partial charge in [-0.15, -0.1) is 0 Å². The van der Waals surface area contributed by atoms with Crippen LogP contribution in [0.25, 0.3) is 17.0 Å². The Morgan fingerprint density at radius 3 is 3.07 bits per heavy atom. The van der Waals surface area contributed by atoms with Crippen molar-refractivity contribution in [2.24, 2.45) is 7.05 Å². The molecule has 0 aliphatic rings. The lowest BCUT2D eigenvalue weighted by atomic mass is 10.1. The summed E-state index contributed by atoms with van der Waals surface area (Å²) in [7, 11) is 1.84. The van der Waals surface area contributed by atoms with E-state index in [-0.39, 0.29) is 0 Å². The summed E-state index contributed by atoms with van der Waals surface area (Å²) in [6.45, 7) is 0. The summed E-state index contributed by atoms with van der Waals surface area (Å²) in [4.78, 5) is 10.4. The number of carboxylic acids is 1. The van der Waals surface area contributed by atoms with Crippen molar-refractivity contribution in [3.05, 3.63) is 36.0 Å². The van der Waals surface area contributed by atoms with E-state index in [0.717, 1.165) is 22.5 Å². The van der Waals surface area contributed by atoms with Crippen molar-refractivity contribution in [1.82, 2.24) is 9.78 Å². The molecule has 0 radical (unpaired) electrons. The quantitative estimate of drug-likeness (QED) is 0.753. The van der Waals surface area contributed by atoms with E-state index in [0.29, 0.717) is 0 Å². The van der Waals surface area contributed by atoms with E-state index in [4.69, 9.17) is 5.11 Å². The Morgan fingerprint density at radius 2 is 2.33 bits per heavy atom. The molecular formula is C11H10N2O2. The van der Waals surface area contributed by atoms with Gasteiger partial charge in [-0.2, -0.15) is 5.10 Å². The summed E-state index contributed by atoms with van der Waals surface area (Å²) in [5.41, 5.74) is 1.73. The predicted molar refractivity (Wildman–Crippen MR) is 57.4 cm³/mol. The van der Waals surface area contributed by atoms with Gasteiger partial charge in [0.25, 0.3) is 0 Å². The van der Waals surface area contributed by atoms with Crippen molar-refractivity contribution < 1.29 is 9.90 Å². The van der Waals surface area contributed by atoms with E-state index in [1.54, 1.807) is 10.8 Å². The number of hydrogen-bond acceptors (Lipinski definition) is 2. The molecule has 0 bridgehead atoms. The average Bonchev–Trinajstić information content (AvgIpc) is 2.55. The number of benzene rings is 1. The van der Waals surface area contributed by atoms with Crippen molar-refractivity contribution in [2.45, 2.75) is 0 Å². The fraction of sp³-hybridized carbons (Fsp3) is 0.0909. The van der Waals surface area contributed by atoms with E-state index in [1.165, 1.54) is 0 Å². The smallest absolute Gasteiger partial charge is 0.328 e. The van der Waals surface area contributed by atoms with E-state index < -0.39 is 5.97 Å². The molecule has 0 saturated carbocycles. The molecule has 2 rings (SSSR count). The molecule has 1 N–H and O–H groups in total. The maximum absolute atomic E-state index is 10.4. The van der Waals surface area contributed by atoms with Crippen molar-refractivity contribution in [3.63, 3.8) is 0 Å². The van der Waals surface area contributed by atoms with E-state index in [9.17, 15) is 4.79 Å². The number of hydrogen-bond donors (Lipinski definition) is 1. The van der Waals surface area contributed by atoms with Gasteiger partial charge in [0.2, 0.25) is 0 Å². The van der Waals surface area contributed by atoms with Crippen LogP contribution in [0.15, 0.2) is 30.5 Å². The van der Waals surface area contributed by atoms with Crippen molar-refractivity contribution >= 4 is 22.9 Å². The van der Waals surface area contributed by atoms with Gasteiger partial charge in [0, 0.05) is 24.7 Å². The summed E-state index contributed by atoms with van der Waals surface area (Å²) in [6, 6.07) is 5.62. The van der Waals surface area contributed by atoms with Crippen LogP contribution in [-0.2, 0) is 11.8 Å². The first-order valence-corrected chi connectivity index (χ1v) is 4.50. The van der Waals surface area contributed by atoms with Crippen LogP contribution in [0.2, 0.25) is 0 Å². The Bertz CT molecular complexity index is 541. The average molecular weight is 202 g/mol. The predicted octanol–water partition coefficient (Wildman–Crippen LogP) is 1.67. The Balaban J connectivity index is 2.55. The van der Waals surface area contributed by atoms with Gasteiger partial charge >= 0.3 is 5.97 Å². The summed E-state index contributed by atoms with van der Waals surface area (Å²) in [5.74, 6) is -0.948. The maximum atomic E-state index is 10.4. The zero-order valence-corrected chi connectivity index (χ0v) is 8.21. The molecule has 4 nitrogen and oxygen atoms in total. The minimum Gasteiger partial charge on any atom is -0.478 e. The Hall–Kier alpha value is -2.10. The third kappa shape index (κ3) is 1.88. The second kappa shape index (κ2) is 3.57. The summed E-state index contributed by atoms with van der Waals surface area (Å²) < 4.78 is 1.71. The van der Waals surface area contributed by atoms with Crippen LogP contribution in [0.3, 0.4) is 0 Å². The monoisotopic (exact) mass is 202 g/mol. The first kappa shape index (κ1) is 9.45. The van der Waals surface area contributed by atoms with Gasteiger partial charge < -0.3 is 5.11 Å². The highest BCUT2D eigenvalue weighted by atomic mass is 16.4. The zero-order valence-electron chi connectivity index (χ0n) is 8.21. The molecule has 76 valence electrons. The number of aryl methyl sites for hydroxylation is 1. The van der Waals surface area contributed by atoms with Gasteiger partial charge in [0.15, 0.2) is 0 Å². The maximum Gasteiger partial charge on any atom is 0.328 e. The fourth-order valence-electron chi connectivity index (χ4n) is 1.49. The van der Waals surface area contributed by atoms with Crippen LogP contribution in [0.5, 0.6) is 0 Å². The molecule has 1 aromatic carbocycles. The van der Waals surface area contributed by atoms with E-state index in [1.807, 2.05) is 31.4 Å². The Kier molecular flexibility index (Phi) is 2.25. The van der Waals surface area contributed by atoms with Crippen LogP contribution in [0, 0.1) is 0 Å². The molecule has 0 atom stereocenters. The number of fused-ring (bicyclic) bond motifs is 1. The van der Waals surface area contributed by atoms with Crippen molar-refractivity contribution in [2.75, 3.05) is 0 Å². The van der Waals surface area contributed by atoms with Gasteiger partial charge in [-0.25, -0.2) is 4.79 Å². The number of carboxylic acid groups (broad SMARTS) is 1. The number of aliphatic carboxylic acids is 1. The molecule has 0 amide bonds. The van der Waals surface area contributed by atoms with E-state index >= 15 is 0 Å². The standard InChI is InChI=1S/C11H10N2O2/c1-13-7-9-8(5-6-11(14)15)3-2-4-10(9)12-13/h2-7H,1H3,(H,14,15)/b6-5+. The van der Waals surface area contributed by atoms with Crippen LogP contribution < -0.4 is 0 Å². The second-order valence-corrected chi connectivity index (χ2v) is 3.25. The Labute approximate surface area is 86.4 Å². The first-order chi connectivity index (χ1) is 7.16. The minimum absolute atomic E-state index is 0.864. The van der Waals surface area contributed by atoms with E-state index in [2.05, 4.69) is 5.10 Å². The number of rotatable bonds is 2. The molecule has 0 fully saturated rings. The molecular weight excluding hydrogens is 192 g/mol. The highest BCUT2D eigenvalue weighted by molar-refractivity contribution is 5.92. The fourth-order valence-corrected chi connectivity index (χ4v) is 1.49. The lowest BCUT2D eigenvalue weighted by Crippen LogP contribution is -1.85. The van der Waals surface area contributed by atoms with Crippen LogP contribution in [0.1, 0.15) is 5.56 Å². The zero-order chi connectivity index (χ0) is 10.8. The van der Waals surface area contributed by atoms with Crippen LogP contribution in [-0.4, -0.2) is 20.9 Å². The molecule has 2 aromatic rings. The second-order valence-electron chi connectivity index (χ2n) is 3.25. The van der Waals surface area contributed by atoms with Crippen molar-refractivity contribution in [3.8, 4) is 0 Å². The molecule has 15 heavy (non-hydrogen) atoms. The minimum atomic E-state index is -0.948. The lowest BCUT2D eigenvalue weighted by molar-refractivity contribution is -0.131.